The van der Waals surface area contributed by atoms with Crippen molar-refractivity contribution < 1.29 is 18.3 Å². The molecule has 0 aliphatic heterocycles. The van der Waals surface area contributed by atoms with Crippen molar-refractivity contribution in [1.82, 2.24) is 24.5 Å². The fourth-order valence-corrected chi connectivity index (χ4v) is 4.81. The Morgan fingerprint density at radius 3 is 2.58 bits per heavy atom. The van der Waals surface area contributed by atoms with Crippen molar-refractivity contribution in [3.63, 3.8) is 0 Å². The number of aliphatic hydroxyl groups is 1. The van der Waals surface area contributed by atoms with Crippen LogP contribution in [0.15, 0.2) is 47.4 Å². The van der Waals surface area contributed by atoms with E-state index in [2.05, 4.69) is 20.0 Å². The van der Waals surface area contributed by atoms with Gasteiger partial charge >= 0.3 is 0 Å². The van der Waals surface area contributed by atoms with Crippen molar-refractivity contribution in [2.45, 2.75) is 31.2 Å². The lowest BCUT2D eigenvalue weighted by atomic mass is 10.1. The molecule has 0 aliphatic rings. The molecule has 0 bridgehead atoms. The van der Waals surface area contributed by atoms with Crippen LogP contribution < -0.4 is 9.46 Å². The molecule has 0 fully saturated rings. The van der Waals surface area contributed by atoms with Gasteiger partial charge in [-0.1, -0.05) is 31.2 Å². The Balaban J connectivity index is 1.90. The molecule has 0 amide bonds. The molecule has 0 saturated carbocycles. The van der Waals surface area contributed by atoms with E-state index in [9.17, 15) is 13.5 Å². The third-order valence-electron chi connectivity index (χ3n) is 5.21. The summed E-state index contributed by atoms with van der Waals surface area (Å²) in [4.78, 5) is 0.0319. The molecule has 0 unspecified atom stereocenters. The lowest BCUT2D eigenvalue weighted by Crippen LogP contribution is -2.36. The van der Waals surface area contributed by atoms with Gasteiger partial charge in [-0.15, -0.1) is 10.2 Å². The van der Waals surface area contributed by atoms with E-state index < -0.39 is 16.1 Å². The molecular weight excluding hydrogens is 418 g/mol. The summed E-state index contributed by atoms with van der Waals surface area (Å²) < 4.78 is 35.3. The van der Waals surface area contributed by atoms with Crippen LogP contribution in [0.5, 0.6) is 5.75 Å². The van der Waals surface area contributed by atoms with Gasteiger partial charge in [0.25, 0.3) is 0 Å². The zero-order valence-electron chi connectivity index (χ0n) is 17.4. The Morgan fingerprint density at radius 2 is 1.90 bits per heavy atom. The molecule has 10 heteroatoms. The smallest absolute Gasteiger partial charge is 0.240 e. The van der Waals surface area contributed by atoms with Crippen LogP contribution >= 0.6 is 0 Å². The van der Waals surface area contributed by atoms with E-state index in [1.165, 1.54) is 19.2 Å². The van der Waals surface area contributed by atoms with Gasteiger partial charge < -0.3 is 9.84 Å². The van der Waals surface area contributed by atoms with Crippen molar-refractivity contribution in [3.8, 4) is 17.1 Å². The van der Waals surface area contributed by atoms with Gasteiger partial charge in [0, 0.05) is 16.8 Å². The summed E-state index contributed by atoms with van der Waals surface area (Å²) in [6.07, 6.45) is 0.462. The molecule has 4 rings (SSSR count). The highest BCUT2D eigenvalue weighted by molar-refractivity contribution is 7.89. The molecule has 0 aliphatic carbocycles. The minimum absolute atomic E-state index is 0.0319. The summed E-state index contributed by atoms with van der Waals surface area (Å²) in [6.45, 7) is 3.40. The second kappa shape index (κ2) is 8.22. The van der Waals surface area contributed by atoms with Gasteiger partial charge in [0.2, 0.25) is 10.0 Å². The van der Waals surface area contributed by atoms with Crippen LogP contribution in [0.25, 0.3) is 27.8 Å². The van der Waals surface area contributed by atoms with Crippen LogP contribution in [0.1, 0.15) is 19.0 Å². The Morgan fingerprint density at radius 1 is 1.16 bits per heavy atom. The topological polar surface area (TPSA) is 119 Å². The van der Waals surface area contributed by atoms with Gasteiger partial charge in [-0.3, -0.25) is 0 Å². The maximum atomic E-state index is 12.9. The first kappa shape index (κ1) is 21.2. The number of nitrogens with one attached hydrogen (secondary N) is 1. The molecule has 0 radical (unpaired) electrons. The molecule has 0 saturated heterocycles. The molecule has 2 N–H and O–H groups in total. The number of fused-ring (bicyclic) bond motifs is 3. The third-order valence-corrected chi connectivity index (χ3v) is 6.72. The van der Waals surface area contributed by atoms with E-state index in [0.717, 1.165) is 16.5 Å². The number of hydrogen-bond acceptors (Lipinski definition) is 7. The zero-order valence-corrected chi connectivity index (χ0v) is 18.2. The van der Waals surface area contributed by atoms with Crippen LogP contribution in [-0.2, 0) is 10.0 Å². The van der Waals surface area contributed by atoms with Crippen molar-refractivity contribution in [2.24, 2.45) is 0 Å². The first-order valence-electron chi connectivity index (χ1n) is 9.82. The van der Waals surface area contributed by atoms with E-state index in [0.29, 0.717) is 29.2 Å². The molecule has 4 aromatic rings. The average Bonchev–Trinajstić information content (AvgIpc) is 3.21. The first-order valence-corrected chi connectivity index (χ1v) is 11.3. The van der Waals surface area contributed by atoms with Gasteiger partial charge in [0.1, 0.15) is 5.75 Å². The fourth-order valence-electron chi connectivity index (χ4n) is 3.47. The summed E-state index contributed by atoms with van der Waals surface area (Å²) in [5, 5.41) is 24.5. The van der Waals surface area contributed by atoms with Crippen molar-refractivity contribution in [2.75, 3.05) is 13.7 Å². The molecule has 1 atom stereocenters. The molecule has 162 valence electrons. The van der Waals surface area contributed by atoms with E-state index in [1.54, 1.807) is 17.5 Å². The van der Waals surface area contributed by atoms with Crippen LogP contribution in [0.4, 0.5) is 0 Å². The number of benzene rings is 2. The predicted octanol–water partition coefficient (Wildman–Crippen LogP) is 2.31. The van der Waals surface area contributed by atoms with Gasteiger partial charge in [-0.05, 0) is 31.5 Å². The third kappa shape index (κ3) is 3.73. The molecule has 0 spiro atoms. The molecule has 2 aromatic heterocycles. The number of ether oxygens (including phenoxy) is 1. The lowest BCUT2D eigenvalue weighted by Gasteiger charge is -2.15. The predicted molar refractivity (Wildman–Crippen MR) is 116 cm³/mol. The monoisotopic (exact) mass is 441 g/mol. The van der Waals surface area contributed by atoms with Gasteiger partial charge in [0.05, 0.1) is 29.9 Å². The number of aromatic nitrogens is 4. The largest absolute Gasteiger partial charge is 0.496 e. The number of methoxy groups -OCH3 is 1. The summed E-state index contributed by atoms with van der Waals surface area (Å²) >= 11 is 0. The first-order chi connectivity index (χ1) is 14.9. The fraction of sp³-hybridized carbons (Fsp3) is 0.286. The van der Waals surface area contributed by atoms with Crippen molar-refractivity contribution >= 4 is 26.4 Å². The Kier molecular flexibility index (Phi) is 5.61. The Labute approximate surface area is 179 Å². The highest BCUT2D eigenvalue weighted by atomic mass is 32.2. The SMILES string of the molecule is CC[C@H](CO)NS(=O)(=O)c1ccc(OC)c(-c2nnc3c4ccccc4c(C)nn23)c1. The van der Waals surface area contributed by atoms with Crippen molar-refractivity contribution in [1.29, 1.82) is 0 Å². The van der Waals surface area contributed by atoms with E-state index in [1.807, 2.05) is 31.2 Å². The molecular formula is C21H23N5O4S. The Bertz CT molecular complexity index is 1360. The number of rotatable bonds is 7. The molecule has 31 heavy (non-hydrogen) atoms. The average molecular weight is 442 g/mol. The summed E-state index contributed by atoms with van der Waals surface area (Å²) in [5.41, 5.74) is 1.80. The standard InChI is InChI=1S/C21H23N5O4S/c1-4-14(12-27)25-31(28,29)15-9-10-19(30-3)18(11-15)21-23-22-20-17-8-6-5-7-16(17)13(2)24-26(20)21/h5-11,14,25,27H,4,12H2,1-3H3/t14-/m1/s1. The van der Waals surface area contributed by atoms with Gasteiger partial charge in [-0.2, -0.15) is 9.61 Å². The maximum absolute atomic E-state index is 12.9. The number of aliphatic hydroxyl groups excluding tert-OH is 1. The van der Waals surface area contributed by atoms with Crippen LogP contribution in [0, 0.1) is 6.92 Å². The van der Waals surface area contributed by atoms with Gasteiger partial charge in [0.15, 0.2) is 11.5 Å². The highest BCUT2D eigenvalue weighted by Gasteiger charge is 2.23. The number of aryl methyl sites for hydroxylation is 1. The van der Waals surface area contributed by atoms with Crippen LogP contribution in [0.2, 0.25) is 0 Å². The van der Waals surface area contributed by atoms with Gasteiger partial charge in [-0.25, -0.2) is 13.1 Å². The normalized spacial score (nSPS) is 13.0. The molecule has 2 heterocycles. The van der Waals surface area contributed by atoms with Crippen LogP contribution in [-0.4, -0.2) is 53.1 Å². The quantitative estimate of drug-likeness (QED) is 0.452. The lowest BCUT2D eigenvalue weighted by molar-refractivity contribution is 0.254. The van der Waals surface area contributed by atoms with E-state index >= 15 is 0 Å². The zero-order chi connectivity index (χ0) is 22.2. The van der Waals surface area contributed by atoms with Crippen LogP contribution in [0.3, 0.4) is 0 Å². The summed E-state index contributed by atoms with van der Waals surface area (Å²) in [7, 11) is -2.36. The number of hydrogen-bond donors (Lipinski definition) is 2. The minimum atomic E-state index is -3.86. The van der Waals surface area contributed by atoms with E-state index in [4.69, 9.17) is 4.74 Å². The molecule has 2 aromatic carbocycles. The highest BCUT2D eigenvalue weighted by Crippen LogP contribution is 2.32. The molecule has 9 nitrogen and oxygen atoms in total. The second-order valence-corrected chi connectivity index (χ2v) is 8.88. The van der Waals surface area contributed by atoms with E-state index in [-0.39, 0.29) is 11.5 Å². The summed E-state index contributed by atoms with van der Waals surface area (Å²) in [6, 6.07) is 11.7. The number of sulfonamides is 1. The minimum Gasteiger partial charge on any atom is -0.496 e. The number of nitrogens with zero attached hydrogens (tertiary/aromatic N) is 4. The second-order valence-electron chi connectivity index (χ2n) is 7.16. The summed E-state index contributed by atoms with van der Waals surface area (Å²) in [5.74, 6) is 0.807. The Hall–Kier alpha value is -3.08. The van der Waals surface area contributed by atoms with Crippen molar-refractivity contribution in [3.05, 3.63) is 48.2 Å². The maximum Gasteiger partial charge on any atom is 0.240 e.